The van der Waals surface area contributed by atoms with Crippen LogP contribution in [0.1, 0.15) is 6.42 Å². The second-order valence-electron chi connectivity index (χ2n) is 2.92. The van der Waals surface area contributed by atoms with Gasteiger partial charge in [0.15, 0.2) is 11.5 Å². The highest BCUT2D eigenvalue weighted by Gasteiger charge is 2.09. The van der Waals surface area contributed by atoms with E-state index in [1.165, 1.54) is 19.2 Å². The van der Waals surface area contributed by atoms with Crippen molar-refractivity contribution in [3.05, 3.63) is 17.9 Å². The largest absolute Gasteiger partial charge is 0.493 e. The van der Waals surface area contributed by atoms with E-state index in [4.69, 9.17) is 26.8 Å². The van der Waals surface area contributed by atoms with Crippen molar-refractivity contribution >= 4 is 17.3 Å². The van der Waals surface area contributed by atoms with Crippen molar-refractivity contribution in [2.75, 3.05) is 25.3 Å². The molecule has 0 bridgehead atoms. The predicted octanol–water partition coefficient (Wildman–Crippen LogP) is 2.42. The van der Waals surface area contributed by atoms with E-state index >= 15 is 0 Å². The number of hydrogen-bond acceptors (Lipinski definition) is 3. The number of benzene rings is 1. The summed E-state index contributed by atoms with van der Waals surface area (Å²) >= 11 is 5.50. The molecule has 0 aliphatic heterocycles. The van der Waals surface area contributed by atoms with Gasteiger partial charge in [-0.2, -0.15) is 0 Å². The molecule has 1 rings (SSSR count). The zero-order valence-electron chi connectivity index (χ0n) is 8.43. The lowest BCUT2D eigenvalue weighted by molar-refractivity contribution is 0.294. The van der Waals surface area contributed by atoms with Crippen molar-refractivity contribution < 1.29 is 13.9 Å². The van der Waals surface area contributed by atoms with Crippen LogP contribution in [-0.2, 0) is 0 Å². The maximum atomic E-state index is 13.1. The van der Waals surface area contributed by atoms with Crippen molar-refractivity contribution in [1.82, 2.24) is 0 Å². The molecule has 0 radical (unpaired) electrons. The molecule has 0 amide bonds. The molecule has 0 atom stereocenters. The van der Waals surface area contributed by atoms with Crippen LogP contribution < -0.4 is 15.2 Å². The van der Waals surface area contributed by atoms with Gasteiger partial charge in [-0.25, -0.2) is 4.39 Å². The van der Waals surface area contributed by atoms with Crippen molar-refractivity contribution in [2.45, 2.75) is 6.42 Å². The lowest BCUT2D eigenvalue weighted by atomic mass is 10.2. The second-order valence-corrected chi connectivity index (χ2v) is 3.29. The molecular weight excluding hydrogens is 221 g/mol. The Kier molecular flexibility index (Phi) is 4.49. The SMILES string of the molecule is COc1cc(F)c(N)cc1OCCCCl. The molecule has 3 nitrogen and oxygen atoms in total. The minimum absolute atomic E-state index is 0.0386. The number of methoxy groups -OCH3 is 1. The van der Waals surface area contributed by atoms with Crippen LogP contribution in [0.4, 0.5) is 10.1 Å². The van der Waals surface area contributed by atoms with Gasteiger partial charge in [0.1, 0.15) is 5.82 Å². The first-order valence-corrected chi connectivity index (χ1v) is 5.04. The molecule has 1 aromatic rings. The van der Waals surface area contributed by atoms with Gasteiger partial charge >= 0.3 is 0 Å². The molecule has 0 spiro atoms. The van der Waals surface area contributed by atoms with E-state index in [2.05, 4.69) is 0 Å². The fourth-order valence-electron chi connectivity index (χ4n) is 1.06. The van der Waals surface area contributed by atoms with Gasteiger partial charge in [0, 0.05) is 18.0 Å². The van der Waals surface area contributed by atoms with Crippen LogP contribution >= 0.6 is 11.6 Å². The molecule has 0 heterocycles. The molecule has 0 saturated carbocycles. The Morgan fingerprint density at radius 3 is 2.73 bits per heavy atom. The monoisotopic (exact) mass is 233 g/mol. The summed E-state index contributed by atoms with van der Waals surface area (Å²) in [5.74, 6) is 0.758. The molecule has 5 heteroatoms. The molecule has 0 fully saturated rings. The van der Waals surface area contributed by atoms with Gasteiger partial charge in [0.25, 0.3) is 0 Å². The average Bonchev–Trinajstić information content (AvgIpc) is 2.23. The average molecular weight is 234 g/mol. The Morgan fingerprint density at radius 1 is 1.40 bits per heavy atom. The number of alkyl halides is 1. The topological polar surface area (TPSA) is 44.5 Å². The third-order valence-corrected chi connectivity index (χ3v) is 2.09. The summed E-state index contributed by atoms with van der Waals surface area (Å²) in [6.45, 7) is 0.449. The lowest BCUT2D eigenvalue weighted by Crippen LogP contribution is -2.02. The highest BCUT2D eigenvalue weighted by atomic mass is 35.5. The first-order chi connectivity index (χ1) is 7.19. The third-order valence-electron chi connectivity index (χ3n) is 1.82. The van der Waals surface area contributed by atoms with Crippen LogP contribution in [0.2, 0.25) is 0 Å². The van der Waals surface area contributed by atoms with E-state index in [-0.39, 0.29) is 5.69 Å². The van der Waals surface area contributed by atoms with Crippen LogP contribution in [0.3, 0.4) is 0 Å². The van der Waals surface area contributed by atoms with Crippen LogP contribution in [-0.4, -0.2) is 19.6 Å². The molecule has 0 unspecified atom stereocenters. The van der Waals surface area contributed by atoms with E-state index in [0.29, 0.717) is 30.4 Å². The van der Waals surface area contributed by atoms with Gasteiger partial charge in [-0.3, -0.25) is 0 Å². The number of ether oxygens (including phenoxy) is 2. The number of rotatable bonds is 5. The summed E-state index contributed by atoms with van der Waals surface area (Å²) in [5.41, 5.74) is 5.45. The number of halogens is 2. The minimum Gasteiger partial charge on any atom is -0.493 e. The van der Waals surface area contributed by atoms with Crippen LogP contribution in [0.5, 0.6) is 11.5 Å². The fraction of sp³-hybridized carbons (Fsp3) is 0.400. The maximum absolute atomic E-state index is 13.1. The third kappa shape index (κ3) is 3.16. The van der Waals surface area contributed by atoms with Crippen LogP contribution in [0.15, 0.2) is 12.1 Å². The van der Waals surface area contributed by atoms with E-state index in [1.807, 2.05) is 0 Å². The minimum atomic E-state index is -0.517. The van der Waals surface area contributed by atoms with Gasteiger partial charge < -0.3 is 15.2 Å². The summed E-state index contributed by atoms with van der Waals surface area (Å²) in [6, 6.07) is 2.60. The number of nitrogens with two attached hydrogens (primary N) is 1. The molecular formula is C10H13ClFNO2. The van der Waals surface area contributed by atoms with Crippen molar-refractivity contribution in [1.29, 1.82) is 0 Å². The number of anilines is 1. The molecule has 1 aromatic carbocycles. The summed E-state index contributed by atoms with van der Waals surface area (Å²) in [5, 5.41) is 0. The Hall–Kier alpha value is -1.16. The van der Waals surface area contributed by atoms with E-state index in [9.17, 15) is 4.39 Å². The molecule has 0 aliphatic rings. The summed E-state index contributed by atoms with van der Waals surface area (Å²) in [4.78, 5) is 0. The smallest absolute Gasteiger partial charge is 0.163 e. The van der Waals surface area contributed by atoms with E-state index < -0.39 is 5.82 Å². The van der Waals surface area contributed by atoms with Gasteiger partial charge in [0.2, 0.25) is 0 Å². The first kappa shape index (κ1) is 11.9. The standard InChI is InChI=1S/C10H13ClFNO2/c1-14-9-5-7(12)8(13)6-10(9)15-4-2-3-11/h5-6H,2-4,13H2,1H3. The molecule has 2 N–H and O–H groups in total. The lowest BCUT2D eigenvalue weighted by Gasteiger charge is -2.11. The van der Waals surface area contributed by atoms with Gasteiger partial charge in [-0.05, 0) is 6.42 Å². The highest BCUT2D eigenvalue weighted by Crippen LogP contribution is 2.31. The Balaban J connectivity index is 2.80. The van der Waals surface area contributed by atoms with Gasteiger partial charge in [-0.15, -0.1) is 11.6 Å². The van der Waals surface area contributed by atoms with Gasteiger partial charge in [0.05, 0.1) is 19.4 Å². The molecule has 0 aliphatic carbocycles. The molecule has 0 aromatic heterocycles. The van der Waals surface area contributed by atoms with Crippen molar-refractivity contribution in [3.8, 4) is 11.5 Å². The maximum Gasteiger partial charge on any atom is 0.163 e. The zero-order valence-corrected chi connectivity index (χ0v) is 9.18. The summed E-state index contributed by atoms with van der Waals surface area (Å²) in [6.07, 6.45) is 0.710. The quantitative estimate of drug-likeness (QED) is 0.483. The van der Waals surface area contributed by atoms with Gasteiger partial charge in [-0.1, -0.05) is 0 Å². The first-order valence-electron chi connectivity index (χ1n) is 4.50. The molecule has 0 saturated heterocycles. The summed E-state index contributed by atoms with van der Waals surface area (Å²) in [7, 11) is 1.44. The second kappa shape index (κ2) is 5.66. The zero-order chi connectivity index (χ0) is 11.3. The fourth-order valence-corrected chi connectivity index (χ4v) is 1.17. The normalized spacial score (nSPS) is 10.1. The Bertz CT molecular complexity index is 333. The summed E-state index contributed by atoms with van der Waals surface area (Å²) < 4.78 is 23.4. The van der Waals surface area contributed by atoms with Crippen LogP contribution in [0.25, 0.3) is 0 Å². The number of nitrogen functional groups attached to an aromatic ring is 1. The highest BCUT2D eigenvalue weighted by molar-refractivity contribution is 6.17. The van der Waals surface area contributed by atoms with E-state index in [1.54, 1.807) is 0 Å². The molecule has 15 heavy (non-hydrogen) atoms. The van der Waals surface area contributed by atoms with Crippen molar-refractivity contribution in [3.63, 3.8) is 0 Å². The van der Waals surface area contributed by atoms with E-state index in [0.717, 1.165) is 0 Å². The van der Waals surface area contributed by atoms with Crippen LogP contribution in [0, 0.1) is 5.82 Å². The Morgan fingerprint density at radius 2 is 2.13 bits per heavy atom. The van der Waals surface area contributed by atoms with Crippen molar-refractivity contribution in [2.24, 2.45) is 0 Å². The predicted molar refractivity (Wildman–Crippen MR) is 58.2 cm³/mol. The Labute approximate surface area is 92.9 Å². The number of hydrogen-bond donors (Lipinski definition) is 1. The molecule has 84 valence electrons.